The summed E-state index contributed by atoms with van der Waals surface area (Å²) < 4.78 is 1.33. The molecule has 0 radical (unpaired) electrons. The van der Waals surface area contributed by atoms with Crippen LogP contribution in [0.15, 0.2) is 17.2 Å². The van der Waals surface area contributed by atoms with Crippen LogP contribution in [0.1, 0.15) is 44.2 Å². The van der Waals surface area contributed by atoms with Crippen LogP contribution in [0.4, 0.5) is 0 Å². The summed E-state index contributed by atoms with van der Waals surface area (Å²) in [7, 11) is 0. The zero-order chi connectivity index (χ0) is 18.4. The largest absolute Gasteiger partial charge is 0.342 e. The molecule has 0 aromatic carbocycles. The molecular formula is C19H26N6O2. The van der Waals surface area contributed by atoms with Gasteiger partial charge in [0.1, 0.15) is 6.33 Å². The van der Waals surface area contributed by atoms with Crippen molar-refractivity contribution in [3.05, 3.63) is 28.4 Å². The SMILES string of the molecule is O=C1N(CC2CCC2)CCC[C@]12CCN(Cc1cc(=O)n3[nH]cnc3n1)C2. The van der Waals surface area contributed by atoms with Gasteiger partial charge in [0.05, 0.1) is 11.1 Å². The van der Waals surface area contributed by atoms with Crippen molar-refractivity contribution in [3.8, 4) is 0 Å². The van der Waals surface area contributed by atoms with Gasteiger partial charge in [-0.15, -0.1) is 0 Å². The van der Waals surface area contributed by atoms with Crippen LogP contribution < -0.4 is 5.56 Å². The molecule has 3 fully saturated rings. The van der Waals surface area contributed by atoms with Crippen molar-refractivity contribution in [3.63, 3.8) is 0 Å². The number of fused-ring (bicyclic) bond motifs is 1. The topological polar surface area (TPSA) is 86.6 Å². The molecule has 5 rings (SSSR count). The fraction of sp³-hybridized carbons (Fsp3) is 0.684. The minimum Gasteiger partial charge on any atom is -0.342 e. The monoisotopic (exact) mass is 370 g/mol. The van der Waals surface area contributed by atoms with Crippen LogP contribution in [0, 0.1) is 11.3 Å². The molecule has 144 valence electrons. The van der Waals surface area contributed by atoms with Crippen LogP contribution in [0.25, 0.3) is 5.78 Å². The molecule has 1 N–H and O–H groups in total. The Morgan fingerprint density at radius 3 is 2.89 bits per heavy atom. The number of likely N-dealkylation sites (tertiary alicyclic amines) is 2. The van der Waals surface area contributed by atoms with Gasteiger partial charge >= 0.3 is 0 Å². The molecule has 1 amide bonds. The van der Waals surface area contributed by atoms with E-state index in [0.717, 1.165) is 57.1 Å². The zero-order valence-corrected chi connectivity index (χ0v) is 15.6. The smallest absolute Gasteiger partial charge is 0.274 e. The summed E-state index contributed by atoms with van der Waals surface area (Å²) in [5.41, 5.74) is 0.341. The number of piperidine rings is 1. The summed E-state index contributed by atoms with van der Waals surface area (Å²) in [6.07, 6.45) is 8.34. The Labute approximate surface area is 157 Å². The summed E-state index contributed by atoms with van der Waals surface area (Å²) in [6.45, 7) is 4.12. The number of hydrogen-bond acceptors (Lipinski definition) is 5. The van der Waals surface area contributed by atoms with Gasteiger partial charge in [-0.25, -0.2) is 9.97 Å². The van der Waals surface area contributed by atoms with E-state index in [4.69, 9.17) is 0 Å². The number of carbonyl (C=O) groups is 1. The number of amides is 1. The number of aromatic nitrogens is 4. The number of hydrogen-bond donors (Lipinski definition) is 1. The summed E-state index contributed by atoms with van der Waals surface area (Å²) >= 11 is 0. The van der Waals surface area contributed by atoms with Gasteiger partial charge < -0.3 is 4.90 Å². The van der Waals surface area contributed by atoms with Gasteiger partial charge in [-0.1, -0.05) is 6.42 Å². The fourth-order valence-electron chi connectivity index (χ4n) is 4.96. The van der Waals surface area contributed by atoms with Crippen molar-refractivity contribution < 1.29 is 4.79 Å². The molecule has 1 saturated carbocycles. The average Bonchev–Trinajstić information content (AvgIpc) is 3.23. The number of H-pyrrole nitrogens is 1. The summed E-state index contributed by atoms with van der Waals surface area (Å²) in [5.74, 6) is 1.48. The van der Waals surface area contributed by atoms with E-state index in [1.807, 2.05) is 0 Å². The van der Waals surface area contributed by atoms with Gasteiger partial charge in [-0.3, -0.25) is 19.6 Å². The minimum atomic E-state index is -0.229. The first-order chi connectivity index (χ1) is 13.1. The predicted octanol–water partition coefficient (Wildman–Crippen LogP) is 1.03. The van der Waals surface area contributed by atoms with Crippen molar-refractivity contribution in [2.45, 2.75) is 45.1 Å². The normalized spacial score (nSPS) is 27.0. The summed E-state index contributed by atoms with van der Waals surface area (Å²) in [4.78, 5) is 38.3. The molecule has 8 nitrogen and oxygen atoms in total. The van der Waals surface area contributed by atoms with E-state index in [-0.39, 0.29) is 11.0 Å². The molecule has 1 spiro atoms. The lowest BCUT2D eigenvalue weighted by atomic mass is 9.77. The molecule has 1 atom stereocenters. The van der Waals surface area contributed by atoms with Crippen molar-refractivity contribution >= 4 is 11.7 Å². The Morgan fingerprint density at radius 2 is 2.07 bits per heavy atom. The molecule has 1 aliphatic carbocycles. The molecule has 4 heterocycles. The lowest BCUT2D eigenvalue weighted by Crippen LogP contribution is -2.51. The third-order valence-electron chi connectivity index (χ3n) is 6.67. The van der Waals surface area contributed by atoms with Crippen LogP contribution in [0.2, 0.25) is 0 Å². The fourth-order valence-corrected chi connectivity index (χ4v) is 4.96. The Hall–Kier alpha value is -2.22. The highest BCUT2D eigenvalue weighted by Gasteiger charge is 2.48. The molecule has 2 saturated heterocycles. The highest BCUT2D eigenvalue weighted by atomic mass is 16.2. The average molecular weight is 370 g/mol. The summed E-state index contributed by atoms with van der Waals surface area (Å²) in [6, 6.07) is 1.56. The van der Waals surface area contributed by atoms with Gasteiger partial charge in [0.2, 0.25) is 5.91 Å². The van der Waals surface area contributed by atoms with Gasteiger partial charge in [0.25, 0.3) is 11.3 Å². The molecule has 2 aromatic rings. The van der Waals surface area contributed by atoms with Crippen molar-refractivity contribution in [1.82, 2.24) is 29.4 Å². The first-order valence-electron chi connectivity index (χ1n) is 10.1. The first kappa shape index (κ1) is 16.9. The van der Waals surface area contributed by atoms with Crippen LogP contribution >= 0.6 is 0 Å². The number of rotatable bonds is 4. The lowest BCUT2D eigenvalue weighted by Gasteiger charge is -2.42. The Morgan fingerprint density at radius 1 is 1.19 bits per heavy atom. The standard InChI is InChI=1S/C19H26N6O2/c26-16-9-15(22-18-20-13-21-25(16)18)11-23-8-6-19(12-23)5-2-7-24(17(19)27)10-14-3-1-4-14/h9,13-14H,1-8,10-12H2,(H,20,21,22)/t19-/m1/s1. The number of nitrogens with one attached hydrogen (secondary N) is 1. The van der Waals surface area contributed by atoms with E-state index in [0.29, 0.717) is 18.2 Å². The van der Waals surface area contributed by atoms with Crippen LogP contribution in [-0.2, 0) is 11.3 Å². The van der Waals surface area contributed by atoms with E-state index < -0.39 is 0 Å². The maximum absolute atomic E-state index is 13.2. The third-order valence-corrected chi connectivity index (χ3v) is 6.67. The van der Waals surface area contributed by atoms with Crippen LogP contribution in [0.3, 0.4) is 0 Å². The maximum Gasteiger partial charge on any atom is 0.274 e. The van der Waals surface area contributed by atoms with Gasteiger partial charge in [0.15, 0.2) is 0 Å². The summed E-state index contributed by atoms with van der Waals surface area (Å²) in [5, 5.41) is 2.76. The molecular weight excluding hydrogens is 344 g/mol. The van der Waals surface area contributed by atoms with Crippen LogP contribution in [-0.4, -0.2) is 61.5 Å². The second-order valence-corrected chi connectivity index (χ2v) is 8.50. The van der Waals surface area contributed by atoms with Crippen molar-refractivity contribution in [2.75, 3.05) is 26.2 Å². The van der Waals surface area contributed by atoms with E-state index in [9.17, 15) is 9.59 Å². The molecule has 27 heavy (non-hydrogen) atoms. The highest BCUT2D eigenvalue weighted by molar-refractivity contribution is 5.84. The van der Waals surface area contributed by atoms with E-state index in [1.165, 1.54) is 30.1 Å². The quantitative estimate of drug-likeness (QED) is 0.869. The van der Waals surface area contributed by atoms with Gasteiger partial charge in [0, 0.05) is 32.2 Å². The van der Waals surface area contributed by atoms with Crippen molar-refractivity contribution in [2.24, 2.45) is 11.3 Å². The van der Waals surface area contributed by atoms with E-state index >= 15 is 0 Å². The Bertz CT molecular complexity index is 916. The number of carbonyl (C=O) groups excluding carboxylic acids is 1. The number of aromatic amines is 1. The van der Waals surface area contributed by atoms with E-state index in [1.54, 1.807) is 6.07 Å². The van der Waals surface area contributed by atoms with Crippen molar-refractivity contribution in [1.29, 1.82) is 0 Å². The number of nitrogens with zero attached hydrogens (tertiary/aromatic N) is 5. The van der Waals surface area contributed by atoms with Gasteiger partial charge in [-0.2, -0.15) is 4.52 Å². The molecule has 3 aliphatic rings. The second-order valence-electron chi connectivity index (χ2n) is 8.50. The molecule has 0 bridgehead atoms. The first-order valence-corrected chi connectivity index (χ1v) is 10.1. The molecule has 2 aliphatic heterocycles. The Balaban J connectivity index is 1.29. The third kappa shape index (κ3) is 2.96. The highest BCUT2D eigenvalue weighted by Crippen LogP contribution is 2.41. The van der Waals surface area contributed by atoms with Crippen LogP contribution in [0.5, 0.6) is 0 Å². The zero-order valence-electron chi connectivity index (χ0n) is 15.6. The second kappa shape index (κ2) is 6.44. The van der Waals surface area contributed by atoms with Gasteiger partial charge in [-0.05, 0) is 44.6 Å². The minimum absolute atomic E-state index is 0.151. The Kier molecular flexibility index (Phi) is 4.03. The maximum atomic E-state index is 13.2. The molecule has 8 heteroatoms. The van der Waals surface area contributed by atoms with E-state index in [2.05, 4.69) is 24.9 Å². The lowest BCUT2D eigenvalue weighted by molar-refractivity contribution is -0.146. The molecule has 2 aromatic heterocycles. The molecule has 0 unspecified atom stereocenters. The predicted molar refractivity (Wildman–Crippen MR) is 99.1 cm³/mol.